The van der Waals surface area contributed by atoms with E-state index in [2.05, 4.69) is 45.9 Å². The van der Waals surface area contributed by atoms with Crippen molar-refractivity contribution < 1.29 is 0 Å². The van der Waals surface area contributed by atoms with Crippen LogP contribution in [0.4, 0.5) is 0 Å². The molecule has 0 spiro atoms. The fraction of sp³-hybridized carbons (Fsp3) is 0.500. The van der Waals surface area contributed by atoms with Crippen LogP contribution in [0.2, 0.25) is 0 Å². The van der Waals surface area contributed by atoms with Crippen molar-refractivity contribution in [2.24, 2.45) is 5.73 Å². The summed E-state index contributed by atoms with van der Waals surface area (Å²) in [6.07, 6.45) is 0. The van der Waals surface area contributed by atoms with Gasteiger partial charge in [0, 0.05) is 6.54 Å². The van der Waals surface area contributed by atoms with Crippen molar-refractivity contribution >= 4 is 0 Å². The number of hydrogen-bond acceptors (Lipinski definition) is 1. The van der Waals surface area contributed by atoms with E-state index < -0.39 is 0 Å². The van der Waals surface area contributed by atoms with Gasteiger partial charge in [0.15, 0.2) is 0 Å². The molecular weight excluding hydrogens is 158 g/mol. The second-order valence-corrected chi connectivity index (χ2v) is 4.60. The Bertz CT molecular complexity index is 294. The van der Waals surface area contributed by atoms with Crippen LogP contribution in [0.25, 0.3) is 0 Å². The van der Waals surface area contributed by atoms with Gasteiger partial charge in [-0.05, 0) is 29.0 Å². The monoisotopic (exact) mass is 177 g/mol. The van der Waals surface area contributed by atoms with E-state index in [9.17, 15) is 0 Å². The van der Waals surface area contributed by atoms with Gasteiger partial charge in [-0.3, -0.25) is 0 Å². The predicted octanol–water partition coefficient (Wildman–Crippen LogP) is 2.75. The highest BCUT2D eigenvalue weighted by atomic mass is 14.5. The predicted molar refractivity (Wildman–Crippen MR) is 57.8 cm³/mol. The summed E-state index contributed by atoms with van der Waals surface area (Å²) >= 11 is 0. The summed E-state index contributed by atoms with van der Waals surface area (Å²) in [5, 5.41) is 0. The Balaban J connectivity index is 3.14. The SMILES string of the molecule is Cc1ccc(C(C)(C)C)cc1CN. The fourth-order valence-corrected chi connectivity index (χ4v) is 1.36. The maximum atomic E-state index is 5.66. The summed E-state index contributed by atoms with van der Waals surface area (Å²) in [4.78, 5) is 0. The maximum absolute atomic E-state index is 5.66. The lowest BCUT2D eigenvalue weighted by Gasteiger charge is -2.20. The quantitative estimate of drug-likeness (QED) is 0.701. The molecule has 2 N–H and O–H groups in total. The number of nitrogens with two attached hydrogens (primary N) is 1. The van der Waals surface area contributed by atoms with Crippen LogP contribution in [0.15, 0.2) is 18.2 Å². The highest BCUT2D eigenvalue weighted by molar-refractivity contribution is 5.34. The zero-order chi connectivity index (χ0) is 10.1. The lowest BCUT2D eigenvalue weighted by atomic mass is 9.85. The van der Waals surface area contributed by atoms with E-state index in [4.69, 9.17) is 5.73 Å². The molecule has 0 unspecified atom stereocenters. The molecule has 0 saturated carbocycles. The van der Waals surface area contributed by atoms with Crippen molar-refractivity contribution in [1.82, 2.24) is 0 Å². The van der Waals surface area contributed by atoms with Gasteiger partial charge in [-0.25, -0.2) is 0 Å². The Labute approximate surface area is 81.0 Å². The Morgan fingerprint density at radius 3 is 2.31 bits per heavy atom. The van der Waals surface area contributed by atoms with Gasteiger partial charge >= 0.3 is 0 Å². The van der Waals surface area contributed by atoms with Gasteiger partial charge in [-0.1, -0.05) is 39.0 Å². The zero-order valence-corrected chi connectivity index (χ0v) is 9.02. The molecule has 0 atom stereocenters. The average Bonchev–Trinajstić information content (AvgIpc) is 2.03. The van der Waals surface area contributed by atoms with Crippen LogP contribution in [0.5, 0.6) is 0 Å². The molecular formula is C12H19N. The summed E-state index contributed by atoms with van der Waals surface area (Å²) in [7, 11) is 0. The Kier molecular flexibility index (Phi) is 2.77. The van der Waals surface area contributed by atoms with Crippen molar-refractivity contribution in [2.45, 2.75) is 39.7 Å². The van der Waals surface area contributed by atoms with Crippen LogP contribution in [0.3, 0.4) is 0 Å². The molecule has 1 nitrogen and oxygen atoms in total. The third-order valence-corrected chi connectivity index (χ3v) is 2.44. The Morgan fingerprint density at radius 1 is 1.23 bits per heavy atom. The molecule has 0 radical (unpaired) electrons. The molecule has 0 aliphatic heterocycles. The average molecular weight is 177 g/mol. The molecule has 0 fully saturated rings. The van der Waals surface area contributed by atoms with Crippen LogP contribution in [0, 0.1) is 6.92 Å². The van der Waals surface area contributed by atoms with Crippen LogP contribution < -0.4 is 5.73 Å². The first-order valence-electron chi connectivity index (χ1n) is 4.75. The summed E-state index contributed by atoms with van der Waals surface area (Å²) < 4.78 is 0. The minimum Gasteiger partial charge on any atom is -0.326 e. The first kappa shape index (κ1) is 10.3. The van der Waals surface area contributed by atoms with Crippen molar-refractivity contribution in [3.63, 3.8) is 0 Å². The molecule has 0 aliphatic rings. The van der Waals surface area contributed by atoms with Crippen LogP contribution in [-0.4, -0.2) is 0 Å². The molecule has 0 aliphatic carbocycles. The topological polar surface area (TPSA) is 26.0 Å². The molecule has 1 aromatic carbocycles. The van der Waals surface area contributed by atoms with Gasteiger partial charge in [-0.15, -0.1) is 0 Å². The van der Waals surface area contributed by atoms with E-state index in [0.717, 1.165) is 0 Å². The van der Waals surface area contributed by atoms with Crippen molar-refractivity contribution in [2.75, 3.05) is 0 Å². The lowest BCUT2D eigenvalue weighted by molar-refractivity contribution is 0.589. The molecule has 0 aromatic heterocycles. The number of hydrogen-bond donors (Lipinski definition) is 1. The number of aryl methyl sites for hydroxylation is 1. The molecule has 0 amide bonds. The largest absolute Gasteiger partial charge is 0.326 e. The van der Waals surface area contributed by atoms with Gasteiger partial charge in [0.2, 0.25) is 0 Å². The second kappa shape index (κ2) is 3.51. The third-order valence-electron chi connectivity index (χ3n) is 2.44. The van der Waals surface area contributed by atoms with E-state index in [0.29, 0.717) is 6.54 Å². The number of benzene rings is 1. The number of rotatable bonds is 1. The van der Waals surface area contributed by atoms with Gasteiger partial charge in [-0.2, -0.15) is 0 Å². The summed E-state index contributed by atoms with van der Waals surface area (Å²) in [5.41, 5.74) is 9.79. The third kappa shape index (κ3) is 2.31. The molecule has 0 saturated heterocycles. The molecule has 1 rings (SSSR count). The van der Waals surface area contributed by atoms with Crippen molar-refractivity contribution in [3.8, 4) is 0 Å². The summed E-state index contributed by atoms with van der Waals surface area (Å²) in [6.45, 7) is 9.40. The Morgan fingerprint density at radius 2 is 1.85 bits per heavy atom. The highest BCUT2D eigenvalue weighted by Gasteiger charge is 2.13. The van der Waals surface area contributed by atoms with Crippen LogP contribution in [-0.2, 0) is 12.0 Å². The van der Waals surface area contributed by atoms with E-state index in [-0.39, 0.29) is 5.41 Å². The first-order valence-corrected chi connectivity index (χ1v) is 4.75. The maximum Gasteiger partial charge on any atom is 0.0180 e. The van der Waals surface area contributed by atoms with E-state index in [1.54, 1.807) is 0 Å². The summed E-state index contributed by atoms with van der Waals surface area (Å²) in [6, 6.07) is 6.56. The van der Waals surface area contributed by atoms with E-state index in [1.807, 2.05) is 0 Å². The van der Waals surface area contributed by atoms with Crippen molar-refractivity contribution in [3.05, 3.63) is 34.9 Å². The smallest absolute Gasteiger partial charge is 0.0180 e. The highest BCUT2D eigenvalue weighted by Crippen LogP contribution is 2.24. The van der Waals surface area contributed by atoms with Gasteiger partial charge in [0.1, 0.15) is 0 Å². The molecule has 0 bridgehead atoms. The normalized spacial score (nSPS) is 11.8. The van der Waals surface area contributed by atoms with E-state index in [1.165, 1.54) is 16.7 Å². The molecule has 72 valence electrons. The molecule has 13 heavy (non-hydrogen) atoms. The van der Waals surface area contributed by atoms with Crippen LogP contribution >= 0.6 is 0 Å². The Hall–Kier alpha value is -0.820. The van der Waals surface area contributed by atoms with Gasteiger partial charge in [0.05, 0.1) is 0 Å². The lowest BCUT2D eigenvalue weighted by Crippen LogP contribution is -2.12. The van der Waals surface area contributed by atoms with Gasteiger partial charge < -0.3 is 5.73 Å². The molecule has 1 aromatic rings. The molecule has 0 heterocycles. The first-order chi connectivity index (χ1) is 5.95. The fourth-order valence-electron chi connectivity index (χ4n) is 1.36. The second-order valence-electron chi connectivity index (χ2n) is 4.60. The van der Waals surface area contributed by atoms with Crippen LogP contribution in [0.1, 0.15) is 37.5 Å². The van der Waals surface area contributed by atoms with Crippen molar-refractivity contribution in [1.29, 1.82) is 0 Å². The van der Waals surface area contributed by atoms with E-state index >= 15 is 0 Å². The minimum atomic E-state index is 0.220. The van der Waals surface area contributed by atoms with Gasteiger partial charge in [0.25, 0.3) is 0 Å². The standard InChI is InChI=1S/C12H19N/c1-9-5-6-11(12(2,3)4)7-10(9)8-13/h5-7H,8,13H2,1-4H3. The molecule has 1 heteroatoms. The minimum absolute atomic E-state index is 0.220. The summed E-state index contributed by atoms with van der Waals surface area (Å²) in [5.74, 6) is 0. The zero-order valence-electron chi connectivity index (χ0n) is 9.02.